The molecule has 25 heavy (non-hydrogen) atoms. The van der Waals surface area contributed by atoms with E-state index in [0.29, 0.717) is 29.6 Å². The summed E-state index contributed by atoms with van der Waals surface area (Å²) >= 11 is 0. The maximum absolute atomic E-state index is 12.1. The van der Waals surface area contributed by atoms with E-state index >= 15 is 0 Å². The molecular formula is C18H24N4O3. The predicted octanol–water partition coefficient (Wildman–Crippen LogP) is 0.693. The number of H-pyrrole nitrogens is 1. The second kappa shape index (κ2) is 8.22. The van der Waals surface area contributed by atoms with Crippen LogP contribution in [0.1, 0.15) is 19.2 Å². The van der Waals surface area contributed by atoms with Crippen molar-refractivity contribution in [1.82, 2.24) is 20.2 Å². The average molecular weight is 344 g/mol. The van der Waals surface area contributed by atoms with Gasteiger partial charge in [-0.15, -0.1) is 0 Å². The standard InChI is InChI=1S/C18H24N4O3/c1-13(12-22-8-10-25-11-9-22)19-17(23)7-6-16-20-15-5-3-2-4-14(15)18(24)21-16/h2-5,13H,6-12H2,1H3,(H,19,23)(H,20,21,24). The summed E-state index contributed by atoms with van der Waals surface area (Å²) in [7, 11) is 0. The fraction of sp³-hybridized carbons (Fsp3) is 0.500. The number of para-hydroxylation sites is 1. The van der Waals surface area contributed by atoms with Crippen LogP contribution in [-0.2, 0) is 16.0 Å². The zero-order chi connectivity index (χ0) is 17.6. The molecule has 2 aromatic rings. The number of carbonyl (C=O) groups excluding carboxylic acids is 1. The number of nitrogens with zero attached hydrogens (tertiary/aromatic N) is 2. The van der Waals surface area contributed by atoms with E-state index in [4.69, 9.17) is 4.74 Å². The van der Waals surface area contributed by atoms with Crippen molar-refractivity contribution in [1.29, 1.82) is 0 Å². The number of aromatic amines is 1. The maximum Gasteiger partial charge on any atom is 0.258 e. The fourth-order valence-corrected chi connectivity index (χ4v) is 3.05. The van der Waals surface area contributed by atoms with Crippen molar-refractivity contribution in [3.05, 3.63) is 40.4 Å². The number of hydrogen-bond acceptors (Lipinski definition) is 5. The molecule has 1 saturated heterocycles. The minimum absolute atomic E-state index is 0.0310. The molecule has 2 N–H and O–H groups in total. The summed E-state index contributed by atoms with van der Waals surface area (Å²) in [5.74, 6) is 0.510. The largest absolute Gasteiger partial charge is 0.379 e. The van der Waals surface area contributed by atoms with Gasteiger partial charge < -0.3 is 15.0 Å². The number of aromatic nitrogens is 2. The van der Waals surface area contributed by atoms with Crippen molar-refractivity contribution in [3.63, 3.8) is 0 Å². The molecule has 0 radical (unpaired) electrons. The predicted molar refractivity (Wildman–Crippen MR) is 95.5 cm³/mol. The van der Waals surface area contributed by atoms with Crippen LogP contribution in [0.3, 0.4) is 0 Å². The molecule has 1 aromatic heterocycles. The van der Waals surface area contributed by atoms with Crippen LogP contribution in [0.5, 0.6) is 0 Å². The molecule has 7 nitrogen and oxygen atoms in total. The number of morpholine rings is 1. The Balaban J connectivity index is 1.51. The molecule has 1 atom stereocenters. The molecule has 0 spiro atoms. The molecule has 134 valence electrons. The summed E-state index contributed by atoms with van der Waals surface area (Å²) < 4.78 is 5.33. The summed E-state index contributed by atoms with van der Waals surface area (Å²) in [5.41, 5.74) is 0.490. The monoisotopic (exact) mass is 344 g/mol. The van der Waals surface area contributed by atoms with Gasteiger partial charge in [0.25, 0.3) is 5.56 Å². The lowest BCUT2D eigenvalue weighted by atomic mass is 10.2. The van der Waals surface area contributed by atoms with Crippen LogP contribution < -0.4 is 10.9 Å². The van der Waals surface area contributed by atoms with Gasteiger partial charge in [0, 0.05) is 38.5 Å². The van der Waals surface area contributed by atoms with Crippen molar-refractivity contribution in [2.24, 2.45) is 0 Å². The first-order valence-electron chi connectivity index (χ1n) is 8.69. The number of carbonyl (C=O) groups is 1. The molecule has 0 saturated carbocycles. The van der Waals surface area contributed by atoms with E-state index in [2.05, 4.69) is 20.2 Å². The maximum atomic E-state index is 12.1. The average Bonchev–Trinajstić information content (AvgIpc) is 2.61. The second-order valence-electron chi connectivity index (χ2n) is 6.41. The molecule has 0 bridgehead atoms. The van der Waals surface area contributed by atoms with Crippen LogP contribution >= 0.6 is 0 Å². The fourth-order valence-electron chi connectivity index (χ4n) is 3.05. The zero-order valence-corrected chi connectivity index (χ0v) is 14.5. The summed E-state index contributed by atoms with van der Waals surface area (Å²) in [6.45, 7) is 6.14. The summed E-state index contributed by atoms with van der Waals surface area (Å²) in [5, 5.41) is 3.57. The van der Waals surface area contributed by atoms with Gasteiger partial charge in [0.1, 0.15) is 5.82 Å². The lowest BCUT2D eigenvalue weighted by Crippen LogP contribution is -2.46. The number of hydrogen-bond donors (Lipinski definition) is 2. The quantitative estimate of drug-likeness (QED) is 0.805. The van der Waals surface area contributed by atoms with Crippen molar-refractivity contribution in [2.75, 3.05) is 32.8 Å². The molecule has 1 aliphatic rings. The van der Waals surface area contributed by atoms with Crippen LogP contribution in [-0.4, -0.2) is 59.7 Å². The highest BCUT2D eigenvalue weighted by atomic mass is 16.5. The van der Waals surface area contributed by atoms with E-state index in [1.54, 1.807) is 12.1 Å². The van der Waals surface area contributed by atoms with Crippen molar-refractivity contribution < 1.29 is 9.53 Å². The summed E-state index contributed by atoms with van der Waals surface area (Å²) in [6.07, 6.45) is 0.713. The van der Waals surface area contributed by atoms with Crippen molar-refractivity contribution >= 4 is 16.8 Å². The highest BCUT2D eigenvalue weighted by Gasteiger charge is 2.15. The van der Waals surface area contributed by atoms with Crippen molar-refractivity contribution in [2.45, 2.75) is 25.8 Å². The third kappa shape index (κ3) is 4.87. The molecule has 1 aromatic carbocycles. The minimum atomic E-state index is -0.165. The first-order chi connectivity index (χ1) is 12.1. The van der Waals surface area contributed by atoms with E-state index in [9.17, 15) is 9.59 Å². The van der Waals surface area contributed by atoms with E-state index < -0.39 is 0 Å². The van der Waals surface area contributed by atoms with Crippen LogP contribution in [0.4, 0.5) is 0 Å². The molecule has 1 fully saturated rings. The Morgan fingerprint density at radius 3 is 2.92 bits per heavy atom. The Morgan fingerprint density at radius 2 is 2.12 bits per heavy atom. The van der Waals surface area contributed by atoms with Gasteiger partial charge in [0.15, 0.2) is 0 Å². The van der Waals surface area contributed by atoms with E-state index in [1.807, 2.05) is 19.1 Å². The molecule has 7 heteroatoms. The van der Waals surface area contributed by atoms with Crippen LogP contribution in [0.15, 0.2) is 29.1 Å². The minimum Gasteiger partial charge on any atom is -0.379 e. The van der Waals surface area contributed by atoms with Crippen LogP contribution in [0.2, 0.25) is 0 Å². The number of fused-ring (bicyclic) bond motifs is 1. The van der Waals surface area contributed by atoms with Crippen LogP contribution in [0.25, 0.3) is 10.9 Å². The Kier molecular flexibility index (Phi) is 5.78. The Labute approximate surface area is 146 Å². The summed E-state index contributed by atoms with van der Waals surface area (Å²) in [4.78, 5) is 33.6. The number of rotatable bonds is 6. The summed E-state index contributed by atoms with van der Waals surface area (Å²) in [6, 6.07) is 7.28. The van der Waals surface area contributed by atoms with Gasteiger partial charge in [-0.05, 0) is 19.1 Å². The van der Waals surface area contributed by atoms with E-state index in [0.717, 1.165) is 32.8 Å². The van der Waals surface area contributed by atoms with Gasteiger partial charge in [-0.3, -0.25) is 14.5 Å². The first-order valence-corrected chi connectivity index (χ1v) is 8.69. The topological polar surface area (TPSA) is 87.3 Å². The number of nitrogens with one attached hydrogen (secondary N) is 2. The Hall–Kier alpha value is -2.25. The normalized spacial score (nSPS) is 16.7. The molecule has 1 amide bonds. The van der Waals surface area contributed by atoms with Crippen molar-refractivity contribution in [3.8, 4) is 0 Å². The number of benzene rings is 1. The molecule has 1 unspecified atom stereocenters. The molecule has 2 heterocycles. The smallest absolute Gasteiger partial charge is 0.258 e. The molecule has 0 aliphatic carbocycles. The van der Waals surface area contributed by atoms with E-state index in [1.165, 1.54) is 0 Å². The second-order valence-corrected chi connectivity index (χ2v) is 6.41. The Bertz CT molecular complexity index is 783. The zero-order valence-electron chi connectivity index (χ0n) is 14.5. The van der Waals surface area contributed by atoms with Gasteiger partial charge >= 0.3 is 0 Å². The van der Waals surface area contributed by atoms with Gasteiger partial charge in [0.2, 0.25) is 5.91 Å². The highest BCUT2D eigenvalue weighted by molar-refractivity contribution is 5.78. The number of aryl methyl sites for hydroxylation is 1. The Morgan fingerprint density at radius 1 is 1.36 bits per heavy atom. The molecule has 3 rings (SSSR count). The third-order valence-electron chi connectivity index (χ3n) is 4.29. The van der Waals surface area contributed by atoms with Crippen LogP contribution in [0, 0.1) is 0 Å². The van der Waals surface area contributed by atoms with Gasteiger partial charge in [0.05, 0.1) is 24.1 Å². The van der Waals surface area contributed by atoms with Gasteiger partial charge in [-0.2, -0.15) is 0 Å². The molecule has 1 aliphatic heterocycles. The number of ether oxygens (including phenoxy) is 1. The van der Waals surface area contributed by atoms with Gasteiger partial charge in [-0.1, -0.05) is 12.1 Å². The number of amides is 1. The highest BCUT2D eigenvalue weighted by Crippen LogP contribution is 2.06. The van der Waals surface area contributed by atoms with E-state index in [-0.39, 0.29) is 17.5 Å². The molecular weight excluding hydrogens is 320 g/mol. The lowest BCUT2D eigenvalue weighted by molar-refractivity contribution is -0.121. The third-order valence-corrected chi connectivity index (χ3v) is 4.29. The van der Waals surface area contributed by atoms with Gasteiger partial charge in [-0.25, -0.2) is 4.98 Å². The lowest BCUT2D eigenvalue weighted by Gasteiger charge is -2.29. The first kappa shape index (κ1) is 17.6. The SMILES string of the molecule is CC(CN1CCOCC1)NC(=O)CCc1nc2ccccc2c(=O)[nH]1.